The van der Waals surface area contributed by atoms with Crippen LogP contribution in [0, 0.1) is 0 Å². The zero-order chi connectivity index (χ0) is 11.5. The van der Waals surface area contributed by atoms with Crippen molar-refractivity contribution in [1.82, 2.24) is 4.98 Å². The molecule has 0 aliphatic carbocycles. The van der Waals surface area contributed by atoms with E-state index >= 15 is 0 Å². The number of anilines is 1. The van der Waals surface area contributed by atoms with Gasteiger partial charge in [-0.05, 0) is 11.5 Å². The van der Waals surface area contributed by atoms with E-state index in [0.717, 1.165) is 33.6 Å². The van der Waals surface area contributed by atoms with Crippen molar-refractivity contribution in [3.63, 3.8) is 0 Å². The first-order valence-electron chi connectivity index (χ1n) is 5.28. The first-order chi connectivity index (χ1) is 6.95. The van der Waals surface area contributed by atoms with E-state index in [1.807, 2.05) is 11.8 Å². The van der Waals surface area contributed by atoms with Crippen molar-refractivity contribution in [3.8, 4) is 0 Å². The monoisotopic (exact) mass is 244 g/mol. The van der Waals surface area contributed by atoms with Crippen molar-refractivity contribution in [2.45, 2.75) is 39.5 Å². The lowest BCUT2D eigenvalue weighted by atomic mass is 9.98. The molecule has 1 rings (SSSR count). The fourth-order valence-electron chi connectivity index (χ4n) is 1.18. The molecule has 0 fully saturated rings. The van der Waals surface area contributed by atoms with Gasteiger partial charge >= 0.3 is 0 Å². The summed E-state index contributed by atoms with van der Waals surface area (Å²) in [4.78, 5) is 4.63. The number of thiazole rings is 1. The standard InChI is InChI=1S/C11H20N2S2/c1-5-14-7-6-8-9(12)15-10(13-8)11(2,3)4/h5-7,12H2,1-4H3. The van der Waals surface area contributed by atoms with E-state index in [4.69, 9.17) is 5.73 Å². The number of hydrogen-bond acceptors (Lipinski definition) is 4. The van der Waals surface area contributed by atoms with Gasteiger partial charge in [-0.1, -0.05) is 27.7 Å². The minimum absolute atomic E-state index is 0.120. The summed E-state index contributed by atoms with van der Waals surface area (Å²) in [7, 11) is 0. The Morgan fingerprint density at radius 3 is 2.53 bits per heavy atom. The molecule has 0 unspecified atom stereocenters. The van der Waals surface area contributed by atoms with Gasteiger partial charge in [-0.15, -0.1) is 11.3 Å². The second-order valence-electron chi connectivity index (χ2n) is 4.53. The van der Waals surface area contributed by atoms with Crippen molar-refractivity contribution >= 4 is 28.1 Å². The summed E-state index contributed by atoms with van der Waals surface area (Å²) in [6, 6.07) is 0. The number of aryl methyl sites for hydroxylation is 1. The van der Waals surface area contributed by atoms with Crippen molar-refractivity contribution in [3.05, 3.63) is 10.7 Å². The second kappa shape index (κ2) is 5.21. The smallest absolute Gasteiger partial charge is 0.109 e. The van der Waals surface area contributed by atoms with Crippen LogP contribution in [0.1, 0.15) is 38.4 Å². The van der Waals surface area contributed by atoms with Crippen LogP contribution in [0.15, 0.2) is 0 Å². The number of hydrogen-bond donors (Lipinski definition) is 1. The van der Waals surface area contributed by atoms with Gasteiger partial charge in [0.05, 0.1) is 5.69 Å². The summed E-state index contributed by atoms with van der Waals surface area (Å²) in [6.07, 6.45) is 0.997. The van der Waals surface area contributed by atoms with Crippen LogP contribution in [0.4, 0.5) is 5.00 Å². The molecule has 0 saturated heterocycles. The van der Waals surface area contributed by atoms with E-state index < -0.39 is 0 Å². The summed E-state index contributed by atoms with van der Waals surface area (Å²) >= 11 is 3.57. The zero-order valence-electron chi connectivity index (χ0n) is 9.96. The highest BCUT2D eigenvalue weighted by molar-refractivity contribution is 7.99. The average Bonchev–Trinajstić information content (AvgIpc) is 2.48. The van der Waals surface area contributed by atoms with E-state index in [2.05, 4.69) is 32.7 Å². The number of aromatic nitrogens is 1. The largest absolute Gasteiger partial charge is 0.389 e. The third-order valence-corrected chi connectivity index (χ3v) is 4.31. The third kappa shape index (κ3) is 3.68. The van der Waals surface area contributed by atoms with Crippen LogP contribution in [0.5, 0.6) is 0 Å². The first kappa shape index (κ1) is 12.8. The lowest BCUT2D eigenvalue weighted by Crippen LogP contribution is -2.10. The number of nitrogen functional groups attached to an aromatic ring is 1. The highest BCUT2D eigenvalue weighted by Gasteiger charge is 2.20. The van der Waals surface area contributed by atoms with E-state index in [1.54, 1.807) is 11.3 Å². The molecule has 86 valence electrons. The van der Waals surface area contributed by atoms with Crippen LogP contribution in [0.2, 0.25) is 0 Å². The third-order valence-electron chi connectivity index (χ3n) is 2.06. The average molecular weight is 244 g/mol. The molecule has 0 atom stereocenters. The van der Waals surface area contributed by atoms with E-state index in [9.17, 15) is 0 Å². The van der Waals surface area contributed by atoms with Gasteiger partial charge < -0.3 is 5.73 Å². The minimum Gasteiger partial charge on any atom is -0.389 e. The molecule has 0 radical (unpaired) electrons. The molecule has 1 aromatic rings. The predicted octanol–water partition coefficient (Wildman–Crippen LogP) is 3.32. The molecule has 0 aliphatic heterocycles. The number of nitrogens with two attached hydrogens (primary N) is 1. The van der Waals surface area contributed by atoms with Crippen LogP contribution in [-0.2, 0) is 11.8 Å². The second-order valence-corrected chi connectivity index (χ2v) is 6.95. The molecule has 0 amide bonds. The van der Waals surface area contributed by atoms with Crippen LogP contribution in [0.25, 0.3) is 0 Å². The Balaban J connectivity index is 2.69. The molecule has 0 saturated carbocycles. The Morgan fingerprint density at radius 1 is 1.40 bits per heavy atom. The maximum absolute atomic E-state index is 5.97. The van der Waals surface area contributed by atoms with Gasteiger partial charge in [-0.2, -0.15) is 11.8 Å². The number of thioether (sulfide) groups is 1. The highest BCUT2D eigenvalue weighted by Crippen LogP contribution is 2.31. The Morgan fingerprint density at radius 2 is 2.07 bits per heavy atom. The minimum atomic E-state index is 0.120. The van der Waals surface area contributed by atoms with E-state index in [-0.39, 0.29) is 5.41 Å². The van der Waals surface area contributed by atoms with E-state index in [0.29, 0.717) is 0 Å². The van der Waals surface area contributed by atoms with Gasteiger partial charge in [0.1, 0.15) is 10.0 Å². The molecular formula is C11H20N2S2. The summed E-state index contributed by atoms with van der Waals surface area (Å²) in [5.74, 6) is 2.28. The molecule has 4 heteroatoms. The summed E-state index contributed by atoms with van der Waals surface area (Å²) in [5, 5.41) is 2.05. The molecule has 0 aromatic carbocycles. The summed E-state index contributed by atoms with van der Waals surface area (Å²) in [5.41, 5.74) is 7.18. The molecule has 1 heterocycles. The normalized spacial score (nSPS) is 12.0. The summed E-state index contributed by atoms with van der Waals surface area (Å²) < 4.78 is 0. The van der Waals surface area contributed by atoms with E-state index in [1.165, 1.54) is 0 Å². The van der Waals surface area contributed by atoms with Gasteiger partial charge in [0.15, 0.2) is 0 Å². The predicted molar refractivity (Wildman–Crippen MR) is 71.9 cm³/mol. The quantitative estimate of drug-likeness (QED) is 0.826. The topological polar surface area (TPSA) is 38.9 Å². The molecule has 1 aromatic heterocycles. The molecule has 0 spiro atoms. The van der Waals surface area contributed by atoms with Crippen LogP contribution < -0.4 is 5.73 Å². The highest BCUT2D eigenvalue weighted by atomic mass is 32.2. The SMILES string of the molecule is CCSCCc1nc(C(C)(C)C)sc1N. The molecule has 2 nitrogen and oxygen atoms in total. The molecule has 0 bridgehead atoms. The maximum Gasteiger partial charge on any atom is 0.109 e. The lowest BCUT2D eigenvalue weighted by molar-refractivity contribution is 0.583. The Bertz CT molecular complexity index is 313. The van der Waals surface area contributed by atoms with Crippen molar-refractivity contribution in [1.29, 1.82) is 0 Å². The van der Waals surface area contributed by atoms with Crippen LogP contribution in [0.3, 0.4) is 0 Å². The first-order valence-corrected chi connectivity index (χ1v) is 7.25. The van der Waals surface area contributed by atoms with Gasteiger partial charge in [0.2, 0.25) is 0 Å². The Kier molecular flexibility index (Phi) is 4.46. The van der Waals surface area contributed by atoms with Crippen molar-refractivity contribution in [2.24, 2.45) is 0 Å². The zero-order valence-corrected chi connectivity index (χ0v) is 11.6. The molecule has 0 aliphatic rings. The molecule has 15 heavy (non-hydrogen) atoms. The van der Waals surface area contributed by atoms with Gasteiger partial charge in [-0.25, -0.2) is 4.98 Å². The number of nitrogens with zero attached hydrogens (tertiary/aromatic N) is 1. The number of rotatable bonds is 4. The van der Waals surface area contributed by atoms with Crippen molar-refractivity contribution < 1.29 is 0 Å². The summed E-state index contributed by atoms with van der Waals surface area (Å²) in [6.45, 7) is 8.71. The fraction of sp³-hybridized carbons (Fsp3) is 0.727. The fourth-order valence-corrected chi connectivity index (χ4v) is 2.74. The van der Waals surface area contributed by atoms with Crippen LogP contribution in [-0.4, -0.2) is 16.5 Å². The van der Waals surface area contributed by atoms with Crippen LogP contribution >= 0.6 is 23.1 Å². The van der Waals surface area contributed by atoms with Gasteiger partial charge in [0.25, 0.3) is 0 Å². The van der Waals surface area contributed by atoms with Crippen molar-refractivity contribution in [2.75, 3.05) is 17.2 Å². The lowest BCUT2D eigenvalue weighted by Gasteiger charge is -2.13. The van der Waals surface area contributed by atoms with Gasteiger partial charge in [-0.3, -0.25) is 0 Å². The van der Waals surface area contributed by atoms with Gasteiger partial charge in [0, 0.05) is 11.8 Å². The maximum atomic E-state index is 5.97. The molecule has 2 N–H and O–H groups in total. The molecular weight excluding hydrogens is 224 g/mol. The Hall–Kier alpha value is -0.220. The Labute approximate surface area is 101 Å².